The van der Waals surface area contributed by atoms with Crippen molar-refractivity contribution in [2.75, 3.05) is 6.61 Å². The summed E-state index contributed by atoms with van der Waals surface area (Å²) in [5.41, 5.74) is 0.910. The van der Waals surface area contributed by atoms with Crippen LogP contribution in [0.3, 0.4) is 0 Å². The summed E-state index contributed by atoms with van der Waals surface area (Å²) in [4.78, 5) is 9.90. The quantitative estimate of drug-likeness (QED) is 0.644. The summed E-state index contributed by atoms with van der Waals surface area (Å²) in [6, 6.07) is 7.52. The van der Waals surface area contributed by atoms with Crippen LogP contribution in [-0.2, 0) is 16.1 Å². The average molecular weight is 207 g/mol. The molecule has 15 heavy (non-hydrogen) atoms. The minimum atomic E-state index is 0.245. The molecule has 0 spiro atoms. The van der Waals surface area contributed by atoms with E-state index in [0.29, 0.717) is 0 Å². The van der Waals surface area contributed by atoms with Crippen LogP contribution in [0.15, 0.2) is 24.3 Å². The Balaban J connectivity index is 2.46. The predicted octanol–water partition coefficient (Wildman–Crippen LogP) is 2.45. The molecule has 1 rings (SSSR count). The summed E-state index contributed by atoms with van der Waals surface area (Å²) in [6.45, 7) is 4.48. The normalized spacial score (nSPS) is 9.67. The van der Waals surface area contributed by atoms with E-state index < -0.39 is 0 Å². The Bertz CT molecular complexity index is 297. The van der Waals surface area contributed by atoms with Gasteiger partial charge in [-0.1, -0.05) is 25.5 Å². The lowest BCUT2D eigenvalue weighted by molar-refractivity contribution is 0.265. The Morgan fingerprint density at radius 3 is 3.00 bits per heavy atom. The molecular formula is C12H15O3. The van der Waals surface area contributed by atoms with Crippen molar-refractivity contribution < 1.29 is 14.3 Å². The third-order valence-corrected chi connectivity index (χ3v) is 1.96. The summed E-state index contributed by atoms with van der Waals surface area (Å²) in [6.07, 6.45) is 2.16. The summed E-state index contributed by atoms with van der Waals surface area (Å²) < 4.78 is 10.1. The zero-order chi connectivity index (χ0) is 10.9. The first-order valence-electron chi connectivity index (χ1n) is 5.07. The highest BCUT2D eigenvalue weighted by atomic mass is 16.5. The van der Waals surface area contributed by atoms with E-state index in [1.165, 1.54) is 6.47 Å². The second-order valence-electron chi connectivity index (χ2n) is 3.22. The van der Waals surface area contributed by atoms with Crippen molar-refractivity contribution in [1.29, 1.82) is 0 Å². The highest BCUT2D eigenvalue weighted by Gasteiger charge is 1.97. The van der Waals surface area contributed by atoms with Gasteiger partial charge in [0.1, 0.15) is 12.4 Å². The maximum absolute atomic E-state index is 9.90. The molecule has 0 fully saturated rings. The van der Waals surface area contributed by atoms with E-state index in [0.717, 1.165) is 30.8 Å². The topological polar surface area (TPSA) is 35.5 Å². The van der Waals surface area contributed by atoms with E-state index >= 15 is 0 Å². The smallest absolute Gasteiger partial charge is 0.417 e. The van der Waals surface area contributed by atoms with Crippen molar-refractivity contribution in [3.63, 3.8) is 0 Å². The lowest BCUT2D eigenvalue weighted by Crippen LogP contribution is -1.97. The number of unbranched alkanes of at least 4 members (excludes halogenated alkanes) is 1. The maximum Gasteiger partial charge on any atom is 0.417 e. The summed E-state index contributed by atoms with van der Waals surface area (Å²) in [5.74, 6) is 0.815. The second-order valence-corrected chi connectivity index (χ2v) is 3.22. The van der Waals surface area contributed by atoms with Gasteiger partial charge in [-0.15, -0.1) is 0 Å². The molecule has 0 bridgehead atoms. The highest BCUT2D eigenvalue weighted by molar-refractivity contribution is 5.39. The zero-order valence-corrected chi connectivity index (χ0v) is 8.86. The van der Waals surface area contributed by atoms with Crippen molar-refractivity contribution >= 4 is 6.47 Å². The van der Waals surface area contributed by atoms with Crippen molar-refractivity contribution in [1.82, 2.24) is 0 Å². The molecule has 0 amide bonds. The third kappa shape index (κ3) is 4.49. The molecule has 0 saturated heterocycles. The first-order valence-corrected chi connectivity index (χ1v) is 5.07. The van der Waals surface area contributed by atoms with Gasteiger partial charge in [0.2, 0.25) is 0 Å². The van der Waals surface area contributed by atoms with Gasteiger partial charge >= 0.3 is 6.47 Å². The summed E-state index contributed by atoms with van der Waals surface area (Å²) in [5, 5.41) is 0. The van der Waals surface area contributed by atoms with Crippen LogP contribution in [0.4, 0.5) is 0 Å². The number of ether oxygens (including phenoxy) is 2. The largest absolute Gasteiger partial charge is 0.494 e. The van der Waals surface area contributed by atoms with Gasteiger partial charge in [-0.05, 0) is 24.1 Å². The molecule has 3 heteroatoms. The highest BCUT2D eigenvalue weighted by Crippen LogP contribution is 2.14. The lowest BCUT2D eigenvalue weighted by atomic mass is 10.2. The minimum Gasteiger partial charge on any atom is -0.494 e. The Morgan fingerprint density at radius 2 is 2.27 bits per heavy atom. The molecule has 0 aliphatic rings. The molecule has 0 aliphatic heterocycles. The zero-order valence-electron chi connectivity index (χ0n) is 8.86. The molecule has 81 valence electrons. The molecule has 0 aromatic heterocycles. The van der Waals surface area contributed by atoms with Gasteiger partial charge in [0.25, 0.3) is 0 Å². The van der Waals surface area contributed by atoms with Crippen LogP contribution in [0, 0.1) is 0 Å². The van der Waals surface area contributed by atoms with Gasteiger partial charge in [-0.2, -0.15) is 0 Å². The molecule has 0 unspecified atom stereocenters. The predicted molar refractivity (Wildman–Crippen MR) is 57.3 cm³/mol. The molecule has 1 aromatic rings. The van der Waals surface area contributed by atoms with Crippen LogP contribution < -0.4 is 4.74 Å². The van der Waals surface area contributed by atoms with E-state index in [9.17, 15) is 4.79 Å². The molecule has 1 radical (unpaired) electrons. The summed E-state index contributed by atoms with van der Waals surface area (Å²) in [7, 11) is 0. The van der Waals surface area contributed by atoms with Crippen LogP contribution in [0.1, 0.15) is 25.3 Å². The van der Waals surface area contributed by atoms with E-state index in [1.807, 2.05) is 24.3 Å². The van der Waals surface area contributed by atoms with Crippen LogP contribution in [0.2, 0.25) is 0 Å². The van der Waals surface area contributed by atoms with Gasteiger partial charge in [-0.3, -0.25) is 0 Å². The first-order chi connectivity index (χ1) is 7.36. The molecule has 1 aromatic carbocycles. The Morgan fingerprint density at radius 1 is 1.40 bits per heavy atom. The molecule has 0 atom stereocenters. The fourth-order valence-corrected chi connectivity index (χ4v) is 1.17. The lowest BCUT2D eigenvalue weighted by Gasteiger charge is -2.06. The van der Waals surface area contributed by atoms with Crippen LogP contribution in [-0.4, -0.2) is 13.1 Å². The minimum absolute atomic E-state index is 0.245. The molecule has 0 saturated carbocycles. The van der Waals surface area contributed by atoms with Gasteiger partial charge in [-0.25, -0.2) is 4.79 Å². The van der Waals surface area contributed by atoms with Crippen LogP contribution >= 0.6 is 0 Å². The van der Waals surface area contributed by atoms with E-state index in [2.05, 4.69) is 11.7 Å². The first kappa shape index (κ1) is 11.6. The molecule has 0 aliphatic carbocycles. The van der Waals surface area contributed by atoms with Gasteiger partial charge in [0.15, 0.2) is 0 Å². The third-order valence-electron chi connectivity index (χ3n) is 1.96. The fraction of sp³-hybridized carbons (Fsp3) is 0.417. The van der Waals surface area contributed by atoms with E-state index in [-0.39, 0.29) is 6.61 Å². The standard InChI is InChI=1S/C12H15O3/c1-2-3-7-15-12-6-4-5-11(8-12)9-14-10-13/h4-6,8H,2-3,7,9H2,1H3. The second kappa shape index (κ2) is 6.87. The van der Waals surface area contributed by atoms with Crippen molar-refractivity contribution in [3.05, 3.63) is 29.8 Å². The van der Waals surface area contributed by atoms with Gasteiger partial charge in [0.05, 0.1) is 6.61 Å². The number of hydrogen-bond acceptors (Lipinski definition) is 3. The van der Waals surface area contributed by atoms with Gasteiger partial charge in [0, 0.05) is 0 Å². The van der Waals surface area contributed by atoms with Crippen molar-refractivity contribution in [3.8, 4) is 5.75 Å². The number of hydrogen-bond donors (Lipinski definition) is 0. The van der Waals surface area contributed by atoms with Crippen molar-refractivity contribution in [2.45, 2.75) is 26.4 Å². The van der Waals surface area contributed by atoms with E-state index in [4.69, 9.17) is 4.74 Å². The number of benzene rings is 1. The SMILES string of the molecule is CCCCOc1cccc(CO[C]=O)c1. The van der Waals surface area contributed by atoms with E-state index in [1.54, 1.807) is 0 Å². The number of carbonyl (C=O) groups excluding carboxylic acids is 1. The fourth-order valence-electron chi connectivity index (χ4n) is 1.17. The summed E-state index contributed by atoms with van der Waals surface area (Å²) >= 11 is 0. The molecule has 0 heterocycles. The van der Waals surface area contributed by atoms with Crippen LogP contribution in [0.5, 0.6) is 5.75 Å². The molecule has 3 nitrogen and oxygen atoms in total. The Hall–Kier alpha value is -1.51. The van der Waals surface area contributed by atoms with Crippen LogP contribution in [0.25, 0.3) is 0 Å². The number of rotatable bonds is 7. The average Bonchev–Trinajstić information content (AvgIpc) is 2.27. The van der Waals surface area contributed by atoms with Crippen molar-refractivity contribution in [2.24, 2.45) is 0 Å². The monoisotopic (exact) mass is 207 g/mol. The maximum atomic E-state index is 9.90. The Labute approximate surface area is 90.0 Å². The Kier molecular flexibility index (Phi) is 5.30. The van der Waals surface area contributed by atoms with Gasteiger partial charge < -0.3 is 9.47 Å². The molecule has 0 N–H and O–H groups in total. The molecular weight excluding hydrogens is 192 g/mol.